The first-order valence-corrected chi connectivity index (χ1v) is 5.74. The van der Waals surface area contributed by atoms with Gasteiger partial charge in [-0.25, -0.2) is 0 Å². The molecule has 1 aromatic carbocycles. The van der Waals surface area contributed by atoms with E-state index in [0.29, 0.717) is 5.69 Å². The van der Waals surface area contributed by atoms with Crippen molar-refractivity contribution in [3.63, 3.8) is 0 Å². The van der Waals surface area contributed by atoms with Crippen molar-refractivity contribution < 1.29 is 13.2 Å². The highest BCUT2D eigenvalue weighted by molar-refractivity contribution is 5.38. The molecule has 0 saturated carbocycles. The minimum Gasteiger partial charge on any atom is -0.329 e. The standard InChI is InChI=1S/C13H14F3N3/c14-13(15,16)9-3-5-10(6-4-9)19-7-1-2-12(19)11(18)8-17/h1-7,11H,8,17-18H2. The second-order valence-corrected chi connectivity index (χ2v) is 4.19. The summed E-state index contributed by atoms with van der Waals surface area (Å²) in [4.78, 5) is 0. The van der Waals surface area contributed by atoms with Crippen LogP contribution < -0.4 is 11.5 Å². The summed E-state index contributed by atoms with van der Waals surface area (Å²) in [6.45, 7) is 0.269. The Morgan fingerprint density at radius 1 is 1.11 bits per heavy atom. The van der Waals surface area contributed by atoms with Crippen molar-refractivity contribution in [1.82, 2.24) is 4.57 Å². The van der Waals surface area contributed by atoms with E-state index in [0.717, 1.165) is 17.8 Å². The molecule has 2 rings (SSSR count). The number of rotatable bonds is 3. The van der Waals surface area contributed by atoms with E-state index in [9.17, 15) is 13.2 Å². The second-order valence-electron chi connectivity index (χ2n) is 4.19. The largest absolute Gasteiger partial charge is 0.416 e. The number of aromatic nitrogens is 1. The molecule has 2 aromatic rings. The molecule has 6 heteroatoms. The van der Waals surface area contributed by atoms with Crippen molar-refractivity contribution >= 4 is 0 Å². The minimum atomic E-state index is -4.33. The van der Waals surface area contributed by atoms with Gasteiger partial charge < -0.3 is 16.0 Å². The Labute approximate surface area is 108 Å². The Balaban J connectivity index is 2.36. The van der Waals surface area contributed by atoms with Crippen LogP contribution in [0.2, 0.25) is 0 Å². The van der Waals surface area contributed by atoms with Crippen LogP contribution in [0.25, 0.3) is 5.69 Å². The van der Waals surface area contributed by atoms with Gasteiger partial charge in [0, 0.05) is 24.1 Å². The molecule has 0 bridgehead atoms. The van der Waals surface area contributed by atoms with Crippen LogP contribution in [0.5, 0.6) is 0 Å². The molecule has 1 heterocycles. The van der Waals surface area contributed by atoms with Gasteiger partial charge in [0.15, 0.2) is 0 Å². The molecule has 1 aromatic heterocycles. The summed E-state index contributed by atoms with van der Waals surface area (Å²) in [6, 6.07) is 8.15. The number of halogens is 3. The van der Waals surface area contributed by atoms with Gasteiger partial charge in [0.1, 0.15) is 0 Å². The van der Waals surface area contributed by atoms with Crippen LogP contribution in [-0.4, -0.2) is 11.1 Å². The van der Waals surface area contributed by atoms with E-state index in [-0.39, 0.29) is 12.6 Å². The Kier molecular flexibility index (Phi) is 3.64. The highest BCUT2D eigenvalue weighted by Gasteiger charge is 2.30. The van der Waals surface area contributed by atoms with Crippen molar-refractivity contribution in [1.29, 1.82) is 0 Å². The lowest BCUT2D eigenvalue weighted by atomic mass is 10.2. The van der Waals surface area contributed by atoms with E-state index in [1.54, 1.807) is 22.9 Å². The van der Waals surface area contributed by atoms with Gasteiger partial charge in [-0.2, -0.15) is 13.2 Å². The average molecular weight is 269 g/mol. The van der Waals surface area contributed by atoms with Crippen LogP contribution >= 0.6 is 0 Å². The van der Waals surface area contributed by atoms with Crippen LogP contribution in [0, 0.1) is 0 Å². The van der Waals surface area contributed by atoms with Crippen molar-refractivity contribution in [2.45, 2.75) is 12.2 Å². The highest BCUT2D eigenvalue weighted by Crippen LogP contribution is 2.30. The quantitative estimate of drug-likeness (QED) is 0.899. The van der Waals surface area contributed by atoms with E-state index in [2.05, 4.69) is 0 Å². The van der Waals surface area contributed by atoms with E-state index in [4.69, 9.17) is 11.5 Å². The zero-order valence-electron chi connectivity index (χ0n) is 10.1. The molecule has 1 unspecified atom stereocenters. The fraction of sp³-hybridized carbons (Fsp3) is 0.231. The molecule has 3 nitrogen and oxygen atoms in total. The van der Waals surface area contributed by atoms with Crippen LogP contribution in [0.3, 0.4) is 0 Å². The number of hydrogen-bond acceptors (Lipinski definition) is 2. The topological polar surface area (TPSA) is 57.0 Å². The maximum absolute atomic E-state index is 12.5. The number of hydrogen-bond donors (Lipinski definition) is 2. The molecule has 0 spiro atoms. The summed E-state index contributed by atoms with van der Waals surface area (Å²) in [6.07, 6.45) is -2.58. The monoisotopic (exact) mass is 269 g/mol. The third-order valence-electron chi connectivity index (χ3n) is 2.89. The Morgan fingerprint density at radius 2 is 1.74 bits per heavy atom. The fourth-order valence-electron chi connectivity index (χ4n) is 1.86. The minimum absolute atomic E-state index is 0.269. The van der Waals surface area contributed by atoms with Gasteiger partial charge in [0.25, 0.3) is 0 Å². The normalized spacial score (nSPS) is 13.5. The lowest BCUT2D eigenvalue weighted by Crippen LogP contribution is -2.23. The zero-order valence-corrected chi connectivity index (χ0v) is 10.1. The molecule has 0 fully saturated rings. The van der Waals surface area contributed by atoms with Gasteiger partial charge in [-0.3, -0.25) is 0 Å². The zero-order chi connectivity index (χ0) is 14.0. The molecular weight excluding hydrogens is 255 g/mol. The van der Waals surface area contributed by atoms with Gasteiger partial charge in [-0.05, 0) is 36.4 Å². The first-order valence-electron chi connectivity index (χ1n) is 5.74. The van der Waals surface area contributed by atoms with Crippen LogP contribution in [0.1, 0.15) is 17.3 Å². The van der Waals surface area contributed by atoms with Crippen molar-refractivity contribution in [2.75, 3.05) is 6.54 Å². The molecule has 4 N–H and O–H groups in total. The Bertz CT molecular complexity index is 543. The number of nitrogens with two attached hydrogens (primary N) is 2. The first-order chi connectivity index (χ1) is 8.93. The molecule has 0 saturated heterocycles. The van der Waals surface area contributed by atoms with E-state index in [1.165, 1.54) is 12.1 Å². The Hall–Kier alpha value is -1.79. The van der Waals surface area contributed by atoms with Gasteiger partial charge in [0.2, 0.25) is 0 Å². The summed E-state index contributed by atoms with van der Waals surface area (Å²) >= 11 is 0. The van der Waals surface area contributed by atoms with Crippen LogP contribution in [-0.2, 0) is 6.18 Å². The van der Waals surface area contributed by atoms with Gasteiger partial charge in [-0.15, -0.1) is 0 Å². The molecule has 0 aliphatic rings. The SMILES string of the molecule is NCC(N)c1cccn1-c1ccc(C(F)(F)F)cc1. The third-order valence-corrected chi connectivity index (χ3v) is 2.89. The van der Waals surface area contributed by atoms with E-state index >= 15 is 0 Å². The number of benzene rings is 1. The lowest BCUT2D eigenvalue weighted by Gasteiger charge is -2.15. The van der Waals surface area contributed by atoms with Crippen LogP contribution in [0.15, 0.2) is 42.6 Å². The predicted molar refractivity (Wildman–Crippen MR) is 66.8 cm³/mol. The average Bonchev–Trinajstić information content (AvgIpc) is 2.86. The summed E-state index contributed by atoms with van der Waals surface area (Å²) in [5.74, 6) is 0. The molecule has 102 valence electrons. The van der Waals surface area contributed by atoms with Crippen molar-refractivity contribution in [3.8, 4) is 5.69 Å². The maximum Gasteiger partial charge on any atom is 0.416 e. The van der Waals surface area contributed by atoms with Gasteiger partial charge in [-0.1, -0.05) is 0 Å². The summed E-state index contributed by atoms with van der Waals surface area (Å²) < 4.78 is 39.2. The number of nitrogens with zero attached hydrogens (tertiary/aromatic N) is 1. The van der Waals surface area contributed by atoms with Crippen molar-refractivity contribution in [3.05, 3.63) is 53.9 Å². The molecule has 0 radical (unpaired) electrons. The van der Waals surface area contributed by atoms with Crippen molar-refractivity contribution in [2.24, 2.45) is 11.5 Å². The summed E-state index contributed by atoms with van der Waals surface area (Å²) in [5.41, 5.74) is 12.1. The first kappa shape index (κ1) is 13.6. The maximum atomic E-state index is 12.5. The van der Waals surface area contributed by atoms with Gasteiger partial charge in [0.05, 0.1) is 11.6 Å². The highest BCUT2D eigenvalue weighted by atomic mass is 19.4. The Morgan fingerprint density at radius 3 is 2.26 bits per heavy atom. The fourth-order valence-corrected chi connectivity index (χ4v) is 1.86. The summed E-state index contributed by atoms with van der Waals surface area (Å²) in [7, 11) is 0. The third kappa shape index (κ3) is 2.80. The summed E-state index contributed by atoms with van der Waals surface area (Å²) in [5, 5.41) is 0. The second kappa shape index (κ2) is 5.07. The van der Waals surface area contributed by atoms with E-state index in [1.807, 2.05) is 0 Å². The lowest BCUT2D eigenvalue weighted by molar-refractivity contribution is -0.137. The molecule has 0 aliphatic carbocycles. The number of alkyl halides is 3. The molecule has 0 aliphatic heterocycles. The predicted octanol–water partition coefficient (Wildman–Crippen LogP) is 2.45. The van der Waals surface area contributed by atoms with Crippen LogP contribution in [0.4, 0.5) is 13.2 Å². The molecular formula is C13H14F3N3. The molecule has 0 amide bonds. The molecule has 19 heavy (non-hydrogen) atoms. The van der Waals surface area contributed by atoms with E-state index < -0.39 is 11.7 Å². The molecule has 1 atom stereocenters. The van der Waals surface area contributed by atoms with Gasteiger partial charge >= 0.3 is 6.18 Å². The smallest absolute Gasteiger partial charge is 0.329 e.